The molecule has 1 aliphatic heterocycles. The van der Waals surface area contributed by atoms with Gasteiger partial charge in [0.2, 0.25) is 0 Å². The van der Waals surface area contributed by atoms with Gasteiger partial charge >= 0.3 is 0 Å². The van der Waals surface area contributed by atoms with Gasteiger partial charge in [-0.25, -0.2) is 0 Å². The first kappa shape index (κ1) is 13.5. The summed E-state index contributed by atoms with van der Waals surface area (Å²) >= 11 is 5.50. The maximum absolute atomic E-state index is 5.90. The van der Waals surface area contributed by atoms with Crippen molar-refractivity contribution in [2.75, 3.05) is 25.9 Å². The number of furan rings is 1. The monoisotopic (exact) mass is 318 g/mol. The van der Waals surface area contributed by atoms with Crippen LogP contribution < -0.4 is 5.73 Å². The van der Waals surface area contributed by atoms with Gasteiger partial charge in [-0.1, -0.05) is 0 Å². The van der Waals surface area contributed by atoms with Crippen LogP contribution in [0.3, 0.4) is 0 Å². The predicted molar refractivity (Wildman–Crippen MR) is 76.3 cm³/mol. The Kier molecular flexibility index (Phi) is 4.97. The van der Waals surface area contributed by atoms with Crippen molar-refractivity contribution in [3.63, 3.8) is 0 Å². The summed E-state index contributed by atoms with van der Waals surface area (Å²) in [4.78, 5) is 2.44. The van der Waals surface area contributed by atoms with Crippen LogP contribution in [0.2, 0.25) is 0 Å². The van der Waals surface area contributed by atoms with Gasteiger partial charge in [0.15, 0.2) is 0 Å². The molecule has 1 fully saturated rings. The quantitative estimate of drug-likeness (QED) is 0.927. The van der Waals surface area contributed by atoms with Crippen molar-refractivity contribution in [1.29, 1.82) is 0 Å². The lowest BCUT2D eigenvalue weighted by Crippen LogP contribution is -2.40. The fraction of sp³-hybridized carbons (Fsp3) is 0.667. The van der Waals surface area contributed by atoms with Gasteiger partial charge < -0.3 is 10.2 Å². The van der Waals surface area contributed by atoms with Crippen LogP contribution in [0.5, 0.6) is 0 Å². The van der Waals surface area contributed by atoms with E-state index in [-0.39, 0.29) is 6.04 Å². The molecule has 0 amide bonds. The van der Waals surface area contributed by atoms with Crippen molar-refractivity contribution < 1.29 is 4.42 Å². The predicted octanol–water partition coefficient (Wildman–Crippen LogP) is 2.87. The second-order valence-corrected chi connectivity index (χ2v) is 6.35. The van der Waals surface area contributed by atoms with Crippen molar-refractivity contribution in [1.82, 2.24) is 4.90 Å². The lowest BCUT2D eigenvalue weighted by molar-refractivity contribution is 0.152. The van der Waals surface area contributed by atoms with Crippen LogP contribution in [0.15, 0.2) is 21.2 Å². The summed E-state index contributed by atoms with van der Waals surface area (Å²) in [5, 5.41) is 0.810. The van der Waals surface area contributed by atoms with Gasteiger partial charge in [-0.05, 0) is 54.2 Å². The second kappa shape index (κ2) is 6.27. The summed E-state index contributed by atoms with van der Waals surface area (Å²) in [5.41, 5.74) is 5.90. The van der Waals surface area contributed by atoms with Gasteiger partial charge in [0, 0.05) is 11.8 Å². The van der Waals surface area contributed by atoms with Crippen LogP contribution in [0.25, 0.3) is 0 Å². The van der Waals surface area contributed by atoms with Crippen molar-refractivity contribution in [3.05, 3.63) is 22.6 Å². The fourth-order valence-electron chi connectivity index (χ4n) is 2.39. The van der Waals surface area contributed by atoms with E-state index < -0.39 is 0 Å². The lowest BCUT2D eigenvalue weighted by atomic mass is 10.1. The number of halogens is 1. The van der Waals surface area contributed by atoms with E-state index in [0.29, 0.717) is 6.54 Å². The van der Waals surface area contributed by atoms with E-state index in [1.165, 1.54) is 12.8 Å². The Balaban J connectivity index is 2.03. The Morgan fingerprint density at radius 1 is 1.59 bits per heavy atom. The molecule has 1 saturated heterocycles. The molecule has 3 nitrogen and oxygen atoms in total. The molecule has 2 rings (SSSR count). The third-order valence-corrected chi connectivity index (χ3v) is 5.21. The third-order valence-electron chi connectivity index (χ3n) is 3.42. The molecule has 0 saturated carbocycles. The zero-order valence-electron chi connectivity index (χ0n) is 10.1. The molecule has 1 unspecified atom stereocenters. The second-order valence-electron chi connectivity index (χ2n) is 4.36. The van der Waals surface area contributed by atoms with Gasteiger partial charge in [-0.3, -0.25) is 4.90 Å². The maximum atomic E-state index is 5.90. The highest BCUT2D eigenvalue weighted by molar-refractivity contribution is 9.10. The molecule has 0 radical (unpaired) electrons. The maximum Gasteiger partial charge on any atom is 0.136 e. The number of nitrogens with two attached hydrogens (primary N) is 1. The van der Waals surface area contributed by atoms with Crippen LogP contribution in [-0.2, 0) is 0 Å². The molecule has 0 aromatic carbocycles. The first-order valence-corrected chi connectivity index (χ1v) is 8.04. The Bertz CT molecular complexity index is 350. The number of piperidine rings is 1. The van der Waals surface area contributed by atoms with Crippen LogP contribution >= 0.6 is 27.7 Å². The number of rotatable bonds is 4. The van der Waals surface area contributed by atoms with E-state index in [4.69, 9.17) is 10.2 Å². The molecule has 17 heavy (non-hydrogen) atoms. The molecule has 1 aromatic heterocycles. The molecule has 0 aliphatic carbocycles. The van der Waals surface area contributed by atoms with E-state index in [9.17, 15) is 0 Å². The van der Waals surface area contributed by atoms with Crippen molar-refractivity contribution in [2.24, 2.45) is 5.73 Å². The highest BCUT2D eigenvalue weighted by Crippen LogP contribution is 2.31. The number of hydrogen-bond acceptors (Lipinski definition) is 4. The zero-order chi connectivity index (χ0) is 12.3. The molecule has 2 N–H and O–H groups in total. The Morgan fingerprint density at radius 3 is 2.76 bits per heavy atom. The molecular formula is C12H19BrN2OS. The van der Waals surface area contributed by atoms with Crippen molar-refractivity contribution in [2.45, 2.75) is 24.1 Å². The molecule has 0 spiro atoms. The Hall–Kier alpha value is 0.0300. The molecule has 1 aromatic rings. The van der Waals surface area contributed by atoms with Gasteiger partial charge in [0.25, 0.3) is 0 Å². The van der Waals surface area contributed by atoms with E-state index in [0.717, 1.165) is 28.6 Å². The van der Waals surface area contributed by atoms with Crippen LogP contribution in [-0.4, -0.2) is 36.0 Å². The summed E-state index contributed by atoms with van der Waals surface area (Å²) in [6, 6.07) is 2.15. The van der Waals surface area contributed by atoms with E-state index in [2.05, 4.69) is 27.1 Å². The average molecular weight is 319 g/mol. The molecule has 1 atom stereocenters. The number of nitrogens with zero attached hydrogens (tertiary/aromatic N) is 1. The van der Waals surface area contributed by atoms with Gasteiger partial charge in [0.05, 0.1) is 16.8 Å². The van der Waals surface area contributed by atoms with E-state index in [1.807, 2.05) is 17.8 Å². The van der Waals surface area contributed by atoms with Crippen LogP contribution in [0.4, 0.5) is 0 Å². The Morgan fingerprint density at radius 2 is 2.29 bits per heavy atom. The standard InChI is InChI=1S/C12H19BrN2OS/c1-17-9-2-5-15(6-3-9)11(8-14)12-10(13)4-7-16-12/h4,7,9,11H,2-3,5-6,8,14H2,1H3. The number of thioether (sulfide) groups is 1. The van der Waals surface area contributed by atoms with Crippen LogP contribution in [0, 0.1) is 0 Å². The van der Waals surface area contributed by atoms with Gasteiger partial charge in [0.1, 0.15) is 5.76 Å². The minimum atomic E-state index is 0.210. The van der Waals surface area contributed by atoms with E-state index >= 15 is 0 Å². The summed E-state index contributed by atoms with van der Waals surface area (Å²) < 4.78 is 6.58. The average Bonchev–Trinajstić information content (AvgIpc) is 2.78. The normalized spacial score (nSPS) is 20.6. The molecule has 96 valence electrons. The molecule has 0 bridgehead atoms. The zero-order valence-corrected chi connectivity index (χ0v) is 12.5. The summed E-state index contributed by atoms with van der Waals surface area (Å²) in [6.45, 7) is 2.83. The smallest absolute Gasteiger partial charge is 0.136 e. The molecule has 5 heteroatoms. The van der Waals surface area contributed by atoms with Gasteiger partial charge in [-0.15, -0.1) is 0 Å². The minimum absolute atomic E-state index is 0.210. The first-order valence-electron chi connectivity index (χ1n) is 5.96. The highest BCUT2D eigenvalue weighted by Gasteiger charge is 2.27. The largest absolute Gasteiger partial charge is 0.466 e. The van der Waals surface area contributed by atoms with E-state index in [1.54, 1.807) is 6.26 Å². The van der Waals surface area contributed by atoms with Crippen molar-refractivity contribution in [3.8, 4) is 0 Å². The SMILES string of the molecule is CSC1CCN(C(CN)c2occc2Br)CC1. The summed E-state index contributed by atoms with van der Waals surface area (Å²) in [7, 11) is 0. The highest BCUT2D eigenvalue weighted by atomic mass is 79.9. The number of likely N-dealkylation sites (tertiary alicyclic amines) is 1. The van der Waals surface area contributed by atoms with Crippen LogP contribution in [0.1, 0.15) is 24.6 Å². The number of hydrogen-bond donors (Lipinski definition) is 1. The summed E-state index contributed by atoms with van der Waals surface area (Å²) in [5.74, 6) is 0.968. The fourth-order valence-corrected chi connectivity index (χ4v) is 3.54. The van der Waals surface area contributed by atoms with Crippen molar-refractivity contribution >= 4 is 27.7 Å². The first-order chi connectivity index (χ1) is 8.26. The molecule has 1 aliphatic rings. The topological polar surface area (TPSA) is 42.4 Å². The van der Waals surface area contributed by atoms with Gasteiger partial charge in [-0.2, -0.15) is 11.8 Å². The minimum Gasteiger partial charge on any atom is -0.466 e. The third kappa shape index (κ3) is 3.08. The molecular weight excluding hydrogens is 300 g/mol. The Labute approximate surface area is 115 Å². The lowest BCUT2D eigenvalue weighted by Gasteiger charge is -2.35. The summed E-state index contributed by atoms with van der Waals surface area (Å²) in [6.07, 6.45) is 6.41. The molecule has 2 heterocycles.